The van der Waals surface area contributed by atoms with Crippen LogP contribution in [0.15, 0.2) is 39.1 Å². The first-order chi connectivity index (χ1) is 14.6. The van der Waals surface area contributed by atoms with Crippen molar-refractivity contribution < 1.29 is 9.21 Å². The Morgan fingerprint density at radius 2 is 2.17 bits per heavy atom. The highest BCUT2D eigenvalue weighted by Gasteiger charge is 2.19. The number of aromatic nitrogens is 4. The molecular formula is C20H21N5O3S2. The lowest BCUT2D eigenvalue weighted by molar-refractivity contribution is -0.132. The molecule has 0 aliphatic carbocycles. The first kappa shape index (κ1) is 20.4. The van der Waals surface area contributed by atoms with E-state index in [9.17, 15) is 9.59 Å². The molecule has 0 aromatic carbocycles. The van der Waals surface area contributed by atoms with E-state index in [4.69, 9.17) is 4.42 Å². The van der Waals surface area contributed by atoms with Crippen molar-refractivity contribution >= 4 is 38.8 Å². The molecule has 0 spiro atoms. The van der Waals surface area contributed by atoms with Crippen LogP contribution in [0, 0.1) is 0 Å². The third-order valence-corrected chi connectivity index (χ3v) is 6.64. The zero-order valence-electron chi connectivity index (χ0n) is 16.7. The van der Waals surface area contributed by atoms with Gasteiger partial charge in [0.05, 0.1) is 23.1 Å². The molecule has 30 heavy (non-hydrogen) atoms. The molecule has 0 saturated heterocycles. The highest BCUT2D eigenvalue weighted by molar-refractivity contribution is 7.18. The van der Waals surface area contributed by atoms with Gasteiger partial charge in [0.15, 0.2) is 0 Å². The zero-order valence-corrected chi connectivity index (χ0v) is 18.3. The van der Waals surface area contributed by atoms with Crippen molar-refractivity contribution in [1.82, 2.24) is 24.6 Å². The van der Waals surface area contributed by atoms with Gasteiger partial charge in [-0.3, -0.25) is 14.2 Å². The quantitative estimate of drug-likeness (QED) is 0.413. The summed E-state index contributed by atoms with van der Waals surface area (Å²) < 4.78 is 7.08. The molecule has 0 aliphatic rings. The van der Waals surface area contributed by atoms with Gasteiger partial charge in [0.2, 0.25) is 11.8 Å². The molecular weight excluding hydrogens is 422 g/mol. The van der Waals surface area contributed by atoms with Crippen LogP contribution >= 0.6 is 22.7 Å². The summed E-state index contributed by atoms with van der Waals surface area (Å²) in [7, 11) is 0. The number of carbonyl (C=O) groups is 1. The number of thiophene rings is 2. The van der Waals surface area contributed by atoms with E-state index in [0.717, 1.165) is 22.6 Å². The first-order valence-corrected chi connectivity index (χ1v) is 11.4. The summed E-state index contributed by atoms with van der Waals surface area (Å²) in [5, 5.41) is 10.6. The summed E-state index contributed by atoms with van der Waals surface area (Å²) in [5.41, 5.74) is -0.196. The monoisotopic (exact) mass is 443 g/mol. The number of nitrogens with zero attached hydrogens (tertiary/aromatic N) is 5. The van der Waals surface area contributed by atoms with E-state index in [1.807, 2.05) is 37.4 Å². The molecule has 0 atom stereocenters. The number of amides is 1. The third kappa shape index (κ3) is 4.19. The standard InChI is InChI=1S/C20H21N5O3S2/c1-3-7-24(10-16-22-23-18(28-16)15-6-5-8-29-15)17(26)11-25-12-21-19-14(20(25)27)9-13(4-2)30-19/h5-6,8-9,12H,3-4,7,10-11H2,1-2H3. The Bertz CT molecular complexity index is 1210. The first-order valence-electron chi connectivity index (χ1n) is 9.71. The van der Waals surface area contributed by atoms with Crippen molar-refractivity contribution in [3.05, 3.63) is 51.0 Å². The molecule has 1 amide bonds. The van der Waals surface area contributed by atoms with E-state index >= 15 is 0 Å². The minimum atomic E-state index is -0.196. The van der Waals surface area contributed by atoms with Crippen LogP contribution < -0.4 is 5.56 Å². The van der Waals surface area contributed by atoms with Crippen molar-refractivity contribution in [1.29, 1.82) is 0 Å². The van der Waals surface area contributed by atoms with Crippen LogP contribution in [-0.2, 0) is 24.3 Å². The lowest BCUT2D eigenvalue weighted by Crippen LogP contribution is -2.36. The maximum Gasteiger partial charge on any atom is 0.262 e. The molecule has 0 radical (unpaired) electrons. The number of aryl methyl sites for hydroxylation is 1. The summed E-state index contributed by atoms with van der Waals surface area (Å²) in [4.78, 5) is 34.4. The molecule has 0 unspecified atom stereocenters. The Balaban J connectivity index is 1.52. The van der Waals surface area contributed by atoms with E-state index in [1.54, 1.807) is 4.90 Å². The maximum atomic E-state index is 12.9. The molecule has 0 aliphatic heterocycles. The third-order valence-electron chi connectivity index (χ3n) is 4.59. The fraction of sp³-hybridized carbons (Fsp3) is 0.350. The Kier molecular flexibility index (Phi) is 6.05. The van der Waals surface area contributed by atoms with Gasteiger partial charge in [-0.1, -0.05) is 19.9 Å². The fourth-order valence-electron chi connectivity index (χ4n) is 3.08. The van der Waals surface area contributed by atoms with E-state index in [2.05, 4.69) is 15.2 Å². The lowest BCUT2D eigenvalue weighted by Gasteiger charge is -2.20. The van der Waals surface area contributed by atoms with Gasteiger partial charge < -0.3 is 9.32 Å². The number of hydrogen-bond donors (Lipinski definition) is 0. The van der Waals surface area contributed by atoms with Gasteiger partial charge in [0, 0.05) is 11.4 Å². The topological polar surface area (TPSA) is 94.1 Å². The minimum Gasteiger partial charge on any atom is -0.418 e. The molecule has 4 aromatic heterocycles. The molecule has 4 heterocycles. The van der Waals surface area contributed by atoms with Gasteiger partial charge in [-0.2, -0.15) is 0 Å². The summed E-state index contributed by atoms with van der Waals surface area (Å²) in [6.45, 7) is 4.68. The molecule has 0 saturated carbocycles. The highest BCUT2D eigenvalue weighted by atomic mass is 32.1. The van der Waals surface area contributed by atoms with Gasteiger partial charge >= 0.3 is 0 Å². The molecule has 0 fully saturated rings. The summed E-state index contributed by atoms with van der Waals surface area (Å²) in [6.07, 6.45) is 3.07. The van der Waals surface area contributed by atoms with E-state index in [0.29, 0.717) is 28.5 Å². The zero-order chi connectivity index (χ0) is 21.1. The SMILES string of the molecule is CCCN(Cc1nnc(-c2cccs2)o1)C(=O)Cn1cnc2sc(CC)cc2c1=O. The molecule has 10 heteroatoms. The van der Waals surface area contributed by atoms with Gasteiger partial charge in [-0.25, -0.2) is 4.98 Å². The van der Waals surface area contributed by atoms with Crippen molar-refractivity contribution in [3.63, 3.8) is 0 Å². The van der Waals surface area contributed by atoms with Gasteiger partial charge in [0.25, 0.3) is 11.4 Å². The Hall–Kier alpha value is -2.85. The molecule has 156 valence electrons. The smallest absolute Gasteiger partial charge is 0.262 e. The number of carbonyl (C=O) groups excluding carboxylic acids is 1. The predicted octanol–water partition coefficient (Wildman–Crippen LogP) is 3.57. The van der Waals surface area contributed by atoms with Crippen LogP contribution in [0.3, 0.4) is 0 Å². The summed E-state index contributed by atoms with van der Waals surface area (Å²) in [5.74, 6) is 0.618. The van der Waals surface area contributed by atoms with Crippen LogP contribution in [0.5, 0.6) is 0 Å². The Morgan fingerprint density at radius 1 is 1.30 bits per heavy atom. The van der Waals surface area contributed by atoms with Crippen LogP contribution in [0.25, 0.3) is 21.0 Å². The fourth-order valence-corrected chi connectivity index (χ4v) is 4.65. The second-order valence-electron chi connectivity index (χ2n) is 6.76. The molecule has 8 nitrogen and oxygen atoms in total. The molecule has 4 rings (SSSR count). The number of fused-ring (bicyclic) bond motifs is 1. The lowest BCUT2D eigenvalue weighted by atomic mass is 10.3. The minimum absolute atomic E-state index is 0.0784. The highest BCUT2D eigenvalue weighted by Crippen LogP contribution is 2.23. The van der Waals surface area contributed by atoms with Crippen molar-refractivity contribution in [2.75, 3.05) is 6.54 Å². The van der Waals surface area contributed by atoms with Gasteiger partial charge in [0.1, 0.15) is 11.4 Å². The Morgan fingerprint density at radius 3 is 2.90 bits per heavy atom. The normalized spacial score (nSPS) is 11.3. The predicted molar refractivity (Wildman–Crippen MR) is 117 cm³/mol. The average Bonchev–Trinajstić information content (AvgIpc) is 3.49. The second kappa shape index (κ2) is 8.88. The average molecular weight is 444 g/mol. The molecule has 0 N–H and O–H groups in total. The summed E-state index contributed by atoms with van der Waals surface area (Å²) in [6, 6.07) is 5.68. The largest absolute Gasteiger partial charge is 0.418 e. The van der Waals surface area contributed by atoms with E-state index in [-0.39, 0.29) is 24.6 Å². The number of rotatable bonds is 8. The van der Waals surface area contributed by atoms with Gasteiger partial charge in [-0.05, 0) is 30.4 Å². The van der Waals surface area contributed by atoms with Crippen LogP contribution in [0.1, 0.15) is 31.0 Å². The van der Waals surface area contributed by atoms with Crippen LogP contribution in [-0.4, -0.2) is 37.1 Å². The molecule has 4 aromatic rings. The Labute approximate surface area is 180 Å². The maximum absolute atomic E-state index is 12.9. The number of hydrogen-bond acceptors (Lipinski definition) is 8. The summed E-state index contributed by atoms with van der Waals surface area (Å²) >= 11 is 3.02. The van der Waals surface area contributed by atoms with Crippen molar-refractivity contribution in [2.45, 2.75) is 39.8 Å². The van der Waals surface area contributed by atoms with Crippen molar-refractivity contribution in [2.24, 2.45) is 0 Å². The van der Waals surface area contributed by atoms with E-state index in [1.165, 1.54) is 33.6 Å². The van der Waals surface area contributed by atoms with Crippen LogP contribution in [0.4, 0.5) is 0 Å². The van der Waals surface area contributed by atoms with Crippen molar-refractivity contribution in [3.8, 4) is 10.8 Å². The van der Waals surface area contributed by atoms with Gasteiger partial charge in [-0.15, -0.1) is 32.9 Å². The second-order valence-corrected chi connectivity index (χ2v) is 8.82. The van der Waals surface area contributed by atoms with Crippen LogP contribution in [0.2, 0.25) is 0 Å². The molecule has 0 bridgehead atoms. The van der Waals surface area contributed by atoms with E-state index < -0.39 is 0 Å².